The number of carbonyl (C=O) groups excluding carboxylic acids is 2. The lowest BCUT2D eigenvalue weighted by Gasteiger charge is -2.41. The lowest BCUT2D eigenvalue weighted by atomic mass is 9.74. The predicted molar refractivity (Wildman–Crippen MR) is 131 cm³/mol. The monoisotopic (exact) mass is 476 g/mol. The first-order valence-corrected chi connectivity index (χ1v) is 12.6. The van der Waals surface area contributed by atoms with Gasteiger partial charge in [0.1, 0.15) is 6.61 Å². The molecule has 7 nitrogen and oxygen atoms in total. The van der Waals surface area contributed by atoms with E-state index in [0.717, 1.165) is 30.4 Å². The number of hydrogen-bond donors (Lipinski definition) is 3. The predicted octanol–water partition coefficient (Wildman–Crippen LogP) is 4.46. The van der Waals surface area contributed by atoms with Crippen molar-refractivity contribution in [3.63, 3.8) is 0 Å². The minimum Gasteiger partial charge on any atom is -0.481 e. The van der Waals surface area contributed by atoms with Crippen molar-refractivity contribution in [3.8, 4) is 11.1 Å². The van der Waals surface area contributed by atoms with Crippen LogP contribution in [0.4, 0.5) is 4.79 Å². The van der Waals surface area contributed by atoms with Crippen molar-refractivity contribution in [2.24, 2.45) is 11.8 Å². The maximum Gasteiger partial charge on any atom is 0.407 e. The normalized spacial score (nSPS) is 18.5. The summed E-state index contributed by atoms with van der Waals surface area (Å²) in [5.74, 6) is -1.20. The fourth-order valence-electron chi connectivity index (χ4n) is 5.43. The summed E-state index contributed by atoms with van der Waals surface area (Å²) in [5, 5.41) is 15.1. The molecule has 0 radical (unpaired) electrons. The van der Waals surface area contributed by atoms with Gasteiger partial charge >= 0.3 is 12.1 Å². The summed E-state index contributed by atoms with van der Waals surface area (Å²) in [6.45, 7) is 0.356. The Morgan fingerprint density at radius 3 is 2.17 bits per heavy atom. The van der Waals surface area contributed by atoms with Crippen LogP contribution in [-0.4, -0.2) is 41.8 Å². The van der Waals surface area contributed by atoms with Crippen molar-refractivity contribution in [3.05, 3.63) is 59.7 Å². The highest BCUT2D eigenvalue weighted by molar-refractivity contribution is 5.81. The number of amides is 2. The van der Waals surface area contributed by atoms with Crippen LogP contribution in [0.25, 0.3) is 11.1 Å². The highest BCUT2D eigenvalue weighted by Gasteiger charge is 2.41. The first-order valence-electron chi connectivity index (χ1n) is 12.6. The molecule has 2 aromatic rings. The minimum absolute atomic E-state index is 0.0202. The second-order valence-corrected chi connectivity index (χ2v) is 10.3. The minimum atomic E-state index is -0.868. The molecule has 7 heteroatoms. The first kappa shape index (κ1) is 23.4. The smallest absolute Gasteiger partial charge is 0.407 e. The third-order valence-electron chi connectivity index (χ3n) is 7.73. The molecule has 2 amide bonds. The standard InChI is InChI=1S/C28H32N2O5/c31-25(29-16-19(26(32)33)14-18-10-11-18)15-28(12-5-13-28)30-27(34)35-17-24-22-8-3-1-6-20(22)21-7-2-4-9-23(21)24/h1-4,6-9,18-19,24H,5,10-17H2,(H,29,31)(H,30,34)(H,32,33). The van der Waals surface area contributed by atoms with Gasteiger partial charge in [-0.1, -0.05) is 61.4 Å². The largest absolute Gasteiger partial charge is 0.481 e. The van der Waals surface area contributed by atoms with Crippen LogP contribution in [0, 0.1) is 11.8 Å². The van der Waals surface area contributed by atoms with E-state index in [0.29, 0.717) is 25.2 Å². The van der Waals surface area contributed by atoms with E-state index >= 15 is 0 Å². The van der Waals surface area contributed by atoms with Crippen LogP contribution in [0.1, 0.15) is 62.0 Å². The van der Waals surface area contributed by atoms with Gasteiger partial charge in [0.05, 0.1) is 11.5 Å². The summed E-state index contributed by atoms with van der Waals surface area (Å²) in [4.78, 5) is 36.8. The number of aliphatic carboxylic acids is 1. The van der Waals surface area contributed by atoms with Gasteiger partial charge in [0, 0.05) is 18.9 Å². The lowest BCUT2D eigenvalue weighted by molar-refractivity contribution is -0.142. The Bertz CT molecular complexity index is 1080. The highest BCUT2D eigenvalue weighted by atomic mass is 16.5. The van der Waals surface area contributed by atoms with Gasteiger partial charge in [0.25, 0.3) is 0 Å². The Morgan fingerprint density at radius 2 is 1.63 bits per heavy atom. The van der Waals surface area contributed by atoms with E-state index in [1.54, 1.807) is 0 Å². The van der Waals surface area contributed by atoms with Crippen molar-refractivity contribution in [1.82, 2.24) is 10.6 Å². The number of rotatable bonds is 10. The molecular formula is C28H32N2O5. The van der Waals surface area contributed by atoms with Crippen molar-refractivity contribution in [2.75, 3.05) is 13.2 Å². The summed E-state index contributed by atoms with van der Waals surface area (Å²) in [7, 11) is 0. The fraction of sp³-hybridized carbons (Fsp3) is 0.464. The number of alkyl carbamates (subject to hydrolysis) is 1. The zero-order valence-electron chi connectivity index (χ0n) is 19.8. The number of carbonyl (C=O) groups is 3. The first-order chi connectivity index (χ1) is 16.9. The topological polar surface area (TPSA) is 105 Å². The van der Waals surface area contributed by atoms with E-state index in [1.165, 1.54) is 11.1 Å². The summed E-state index contributed by atoms with van der Waals surface area (Å²) in [6, 6.07) is 16.4. The summed E-state index contributed by atoms with van der Waals surface area (Å²) in [5.41, 5.74) is 4.02. The van der Waals surface area contributed by atoms with Crippen LogP contribution in [0.5, 0.6) is 0 Å². The molecule has 1 unspecified atom stereocenters. The molecule has 2 fully saturated rings. The Balaban J connectivity index is 1.15. The molecule has 0 spiro atoms. The molecule has 2 aromatic carbocycles. The number of ether oxygens (including phenoxy) is 1. The molecule has 5 rings (SSSR count). The molecule has 184 valence electrons. The summed E-state index contributed by atoms with van der Waals surface area (Å²) < 4.78 is 5.67. The SMILES string of the molecule is O=C(CC1(NC(=O)OCC2c3ccccc3-c3ccccc32)CCC1)NCC(CC1CC1)C(=O)O. The van der Waals surface area contributed by atoms with E-state index in [4.69, 9.17) is 4.74 Å². The number of benzene rings is 2. The molecule has 0 bridgehead atoms. The molecular weight excluding hydrogens is 444 g/mol. The van der Waals surface area contributed by atoms with Crippen LogP contribution in [0.15, 0.2) is 48.5 Å². The van der Waals surface area contributed by atoms with Gasteiger partial charge in [0.15, 0.2) is 0 Å². The van der Waals surface area contributed by atoms with Gasteiger partial charge in [-0.25, -0.2) is 4.79 Å². The second-order valence-electron chi connectivity index (χ2n) is 10.3. The summed E-state index contributed by atoms with van der Waals surface area (Å²) >= 11 is 0. The molecule has 0 aromatic heterocycles. The van der Waals surface area contributed by atoms with Crippen LogP contribution in [-0.2, 0) is 14.3 Å². The van der Waals surface area contributed by atoms with E-state index < -0.39 is 23.5 Å². The van der Waals surface area contributed by atoms with E-state index in [1.807, 2.05) is 24.3 Å². The molecule has 0 saturated heterocycles. The maximum atomic E-state index is 12.8. The van der Waals surface area contributed by atoms with Gasteiger partial charge in [-0.2, -0.15) is 0 Å². The molecule has 3 aliphatic rings. The quantitative estimate of drug-likeness (QED) is 0.470. The van der Waals surface area contributed by atoms with Gasteiger partial charge < -0.3 is 20.5 Å². The number of carboxylic acids is 1. The number of hydrogen-bond acceptors (Lipinski definition) is 4. The Morgan fingerprint density at radius 1 is 1.00 bits per heavy atom. The Hall–Kier alpha value is -3.35. The highest BCUT2D eigenvalue weighted by Crippen LogP contribution is 2.44. The molecule has 1 atom stereocenters. The maximum absolute atomic E-state index is 12.8. The van der Waals surface area contributed by atoms with Gasteiger partial charge in [-0.05, 0) is 53.9 Å². The van der Waals surface area contributed by atoms with Gasteiger partial charge in [-0.3, -0.25) is 9.59 Å². The van der Waals surface area contributed by atoms with Crippen LogP contribution >= 0.6 is 0 Å². The zero-order valence-corrected chi connectivity index (χ0v) is 19.8. The van der Waals surface area contributed by atoms with Gasteiger partial charge in [0.2, 0.25) is 5.91 Å². The van der Waals surface area contributed by atoms with Crippen LogP contribution < -0.4 is 10.6 Å². The van der Waals surface area contributed by atoms with E-state index in [2.05, 4.69) is 34.9 Å². The van der Waals surface area contributed by atoms with Crippen molar-refractivity contribution >= 4 is 18.0 Å². The molecule has 3 aliphatic carbocycles. The lowest BCUT2D eigenvalue weighted by Crippen LogP contribution is -2.56. The van der Waals surface area contributed by atoms with Crippen LogP contribution in [0.2, 0.25) is 0 Å². The molecule has 35 heavy (non-hydrogen) atoms. The van der Waals surface area contributed by atoms with E-state index in [9.17, 15) is 19.5 Å². The second kappa shape index (κ2) is 9.72. The van der Waals surface area contributed by atoms with Gasteiger partial charge in [-0.15, -0.1) is 0 Å². The average molecular weight is 477 g/mol. The molecule has 0 heterocycles. The fourth-order valence-corrected chi connectivity index (χ4v) is 5.43. The average Bonchev–Trinajstić information content (AvgIpc) is 3.59. The molecule has 3 N–H and O–H groups in total. The number of carboxylic acid groups (broad SMARTS) is 1. The van der Waals surface area contributed by atoms with Crippen LogP contribution in [0.3, 0.4) is 0 Å². The summed E-state index contributed by atoms with van der Waals surface area (Å²) in [6.07, 6.45) is 4.71. The zero-order chi connectivity index (χ0) is 24.4. The molecule has 0 aliphatic heterocycles. The van der Waals surface area contributed by atoms with E-state index in [-0.39, 0.29) is 31.4 Å². The molecule has 2 saturated carbocycles. The van der Waals surface area contributed by atoms with Crippen molar-refractivity contribution < 1.29 is 24.2 Å². The third-order valence-corrected chi connectivity index (χ3v) is 7.73. The number of nitrogens with one attached hydrogen (secondary N) is 2. The Labute approximate surface area is 205 Å². The Kier molecular flexibility index (Phi) is 6.50. The van der Waals surface area contributed by atoms with Crippen molar-refractivity contribution in [1.29, 1.82) is 0 Å². The number of fused-ring (bicyclic) bond motifs is 3. The third kappa shape index (κ3) is 5.19. The van der Waals surface area contributed by atoms with Crippen molar-refractivity contribution in [2.45, 2.75) is 56.4 Å².